The van der Waals surface area contributed by atoms with Crippen LogP contribution in [-0.2, 0) is 13.0 Å². The number of hydrogen-bond donors (Lipinski definition) is 1. The van der Waals surface area contributed by atoms with Crippen LogP contribution < -0.4 is 5.73 Å². The fourth-order valence-electron chi connectivity index (χ4n) is 2.00. The molecule has 0 aliphatic rings. The number of fused-ring (bicyclic) bond motifs is 1. The Hall–Kier alpha value is -1.28. The maximum Gasteiger partial charge on any atom is 0.134 e. The molecule has 0 radical (unpaired) electrons. The lowest BCUT2D eigenvalue weighted by atomic mass is 10.0. The Morgan fingerprint density at radius 1 is 1.33 bits per heavy atom. The Labute approximate surface area is 90.1 Å². The molecular weight excluding hydrogens is 186 g/mol. The number of rotatable bonds is 3. The minimum Gasteiger partial charge on any atom is -0.459 e. The monoisotopic (exact) mass is 203 g/mol. The van der Waals surface area contributed by atoms with Crippen molar-refractivity contribution in [3.8, 4) is 0 Å². The van der Waals surface area contributed by atoms with Crippen molar-refractivity contribution in [2.45, 2.75) is 33.2 Å². The lowest BCUT2D eigenvalue weighted by Gasteiger charge is -1.98. The molecule has 0 aliphatic heterocycles. The van der Waals surface area contributed by atoms with E-state index in [4.69, 9.17) is 10.2 Å². The van der Waals surface area contributed by atoms with Gasteiger partial charge >= 0.3 is 0 Å². The van der Waals surface area contributed by atoms with E-state index in [1.165, 1.54) is 16.5 Å². The summed E-state index contributed by atoms with van der Waals surface area (Å²) < 4.78 is 5.73. The Kier molecular flexibility index (Phi) is 2.78. The highest BCUT2D eigenvalue weighted by molar-refractivity contribution is 5.83. The van der Waals surface area contributed by atoms with E-state index in [2.05, 4.69) is 26.0 Å². The first-order valence-electron chi connectivity index (χ1n) is 5.47. The van der Waals surface area contributed by atoms with Gasteiger partial charge in [0.15, 0.2) is 0 Å². The first-order chi connectivity index (χ1) is 7.26. The Morgan fingerprint density at radius 3 is 2.80 bits per heavy atom. The molecule has 2 heteroatoms. The van der Waals surface area contributed by atoms with E-state index in [1.807, 2.05) is 6.07 Å². The molecule has 0 amide bonds. The highest BCUT2D eigenvalue weighted by atomic mass is 16.3. The van der Waals surface area contributed by atoms with Crippen molar-refractivity contribution in [3.63, 3.8) is 0 Å². The van der Waals surface area contributed by atoms with Crippen molar-refractivity contribution in [2.75, 3.05) is 0 Å². The lowest BCUT2D eigenvalue weighted by molar-refractivity contribution is 0.544. The highest BCUT2D eigenvalue weighted by Gasteiger charge is 2.11. The Morgan fingerprint density at radius 2 is 2.13 bits per heavy atom. The molecule has 0 fully saturated rings. The second-order valence-corrected chi connectivity index (χ2v) is 3.96. The summed E-state index contributed by atoms with van der Waals surface area (Å²) >= 11 is 0. The SMILES string of the molecule is CCCc1c(CN)oc2ccc(C)cc12. The number of hydrogen-bond acceptors (Lipinski definition) is 2. The highest BCUT2D eigenvalue weighted by Crippen LogP contribution is 2.27. The number of furan rings is 1. The van der Waals surface area contributed by atoms with E-state index in [1.54, 1.807) is 0 Å². The molecule has 2 N–H and O–H groups in total. The van der Waals surface area contributed by atoms with Crippen LogP contribution in [0, 0.1) is 6.92 Å². The van der Waals surface area contributed by atoms with E-state index in [9.17, 15) is 0 Å². The summed E-state index contributed by atoms with van der Waals surface area (Å²) in [6.45, 7) is 4.77. The van der Waals surface area contributed by atoms with Crippen LogP contribution in [0.2, 0.25) is 0 Å². The third-order valence-corrected chi connectivity index (χ3v) is 2.72. The fourth-order valence-corrected chi connectivity index (χ4v) is 2.00. The van der Waals surface area contributed by atoms with E-state index in [-0.39, 0.29) is 0 Å². The van der Waals surface area contributed by atoms with E-state index >= 15 is 0 Å². The van der Waals surface area contributed by atoms with E-state index in [0.29, 0.717) is 6.54 Å². The van der Waals surface area contributed by atoms with Gasteiger partial charge in [0.25, 0.3) is 0 Å². The standard InChI is InChI=1S/C13H17NO/c1-3-4-10-11-7-9(2)5-6-12(11)15-13(10)8-14/h5-7H,3-4,8,14H2,1-2H3. The molecule has 1 aromatic heterocycles. The normalized spacial score (nSPS) is 11.1. The topological polar surface area (TPSA) is 39.2 Å². The largest absolute Gasteiger partial charge is 0.459 e. The van der Waals surface area contributed by atoms with Gasteiger partial charge in [0.2, 0.25) is 0 Å². The van der Waals surface area contributed by atoms with Gasteiger partial charge in [-0.05, 0) is 25.5 Å². The van der Waals surface area contributed by atoms with Gasteiger partial charge in [-0.1, -0.05) is 25.0 Å². The fraction of sp³-hybridized carbons (Fsp3) is 0.385. The minimum absolute atomic E-state index is 0.489. The maximum absolute atomic E-state index is 5.73. The van der Waals surface area contributed by atoms with E-state index < -0.39 is 0 Å². The molecule has 1 aromatic carbocycles. The van der Waals surface area contributed by atoms with Crippen LogP contribution in [0.1, 0.15) is 30.2 Å². The lowest BCUT2D eigenvalue weighted by Crippen LogP contribution is -1.98. The summed E-state index contributed by atoms with van der Waals surface area (Å²) in [5.74, 6) is 0.942. The van der Waals surface area contributed by atoms with Crippen molar-refractivity contribution in [2.24, 2.45) is 5.73 Å². The second-order valence-electron chi connectivity index (χ2n) is 3.96. The van der Waals surface area contributed by atoms with Crippen LogP contribution in [-0.4, -0.2) is 0 Å². The second kappa shape index (κ2) is 4.07. The number of nitrogens with two attached hydrogens (primary N) is 1. The molecule has 0 saturated heterocycles. The zero-order valence-electron chi connectivity index (χ0n) is 9.34. The number of benzene rings is 1. The van der Waals surface area contributed by atoms with Gasteiger partial charge in [-0.3, -0.25) is 0 Å². The molecule has 0 atom stereocenters. The summed E-state index contributed by atoms with van der Waals surface area (Å²) in [6, 6.07) is 6.29. The average Bonchev–Trinajstić information content (AvgIpc) is 2.57. The molecular formula is C13H17NO. The molecule has 0 unspecified atom stereocenters. The minimum atomic E-state index is 0.489. The molecule has 80 valence electrons. The van der Waals surface area contributed by atoms with Crippen molar-refractivity contribution in [3.05, 3.63) is 35.1 Å². The van der Waals surface area contributed by atoms with Gasteiger partial charge in [0.05, 0.1) is 6.54 Å². The smallest absolute Gasteiger partial charge is 0.134 e. The van der Waals surface area contributed by atoms with Crippen LogP contribution in [0.25, 0.3) is 11.0 Å². The summed E-state index contributed by atoms with van der Waals surface area (Å²) in [5, 5.41) is 1.23. The van der Waals surface area contributed by atoms with E-state index in [0.717, 1.165) is 24.2 Å². The van der Waals surface area contributed by atoms with Crippen LogP contribution in [0.5, 0.6) is 0 Å². The third kappa shape index (κ3) is 1.77. The molecule has 2 aromatic rings. The van der Waals surface area contributed by atoms with Gasteiger partial charge < -0.3 is 10.2 Å². The molecule has 1 heterocycles. The predicted octanol–water partition coefficient (Wildman–Crippen LogP) is 3.15. The summed E-state index contributed by atoms with van der Waals surface area (Å²) in [6.07, 6.45) is 2.17. The van der Waals surface area contributed by atoms with Crippen LogP contribution in [0.3, 0.4) is 0 Å². The van der Waals surface area contributed by atoms with Gasteiger partial charge in [-0.2, -0.15) is 0 Å². The molecule has 2 nitrogen and oxygen atoms in total. The van der Waals surface area contributed by atoms with Crippen LogP contribution in [0.15, 0.2) is 22.6 Å². The zero-order valence-corrected chi connectivity index (χ0v) is 9.34. The first-order valence-corrected chi connectivity index (χ1v) is 5.47. The van der Waals surface area contributed by atoms with Gasteiger partial charge in [-0.15, -0.1) is 0 Å². The molecule has 15 heavy (non-hydrogen) atoms. The van der Waals surface area contributed by atoms with Gasteiger partial charge in [-0.25, -0.2) is 0 Å². The zero-order chi connectivity index (χ0) is 10.8. The molecule has 2 rings (SSSR count). The molecule has 0 aliphatic carbocycles. The summed E-state index contributed by atoms with van der Waals surface area (Å²) in [4.78, 5) is 0. The van der Waals surface area contributed by atoms with Gasteiger partial charge in [0, 0.05) is 10.9 Å². The summed E-state index contributed by atoms with van der Waals surface area (Å²) in [7, 11) is 0. The molecule has 0 bridgehead atoms. The summed E-state index contributed by atoms with van der Waals surface area (Å²) in [5.41, 5.74) is 9.21. The predicted molar refractivity (Wildman–Crippen MR) is 62.8 cm³/mol. The Balaban J connectivity index is 2.65. The quantitative estimate of drug-likeness (QED) is 0.832. The van der Waals surface area contributed by atoms with Crippen molar-refractivity contribution in [1.29, 1.82) is 0 Å². The van der Waals surface area contributed by atoms with Crippen molar-refractivity contribution >= 4 is 11.0 Å². The van der Waals surface area contributed by atoms with Crippen molar-refractivity contribution in [1.82, 2.24) is 0 Å². The maximum atomic E-state index is 5.73. The third-order valence-electron chi connectivity index (χ3n) is 2.72. The van der Waals surface area contributed by atoms with Crippen molar-refractivity contribution < 1.29 is 4.42 Å². The molecule has 0 saturated carbocycles. The van der Waals surface area contributed by atoms with Gasteiger partial charge in [0.1, 0.15) is 11.3 Å². The molecule has 0 spiro atoms. The average molecular weight is 203 g/mol. The number of aryl methyl sites for hydroxylation is 2. The van der Waals surface area contributed by atoms with Crippen LogP contribution >= 0.6 is 0 Å². The Bertz CT molecular complexity index is 471. The first kappa shape index (κ1) is 10.2. The van der Waals surface area contributed by atoms with Crippen LogP contribution in [0.4, 0.5) is 0 Å².